The van der Waals surface area contributed by atoms with E-state index in [1.54, 1.807) is 6.07 Å². The number of aryl methyl sites for hydroxylation is 2. The zero-order valence-corrected chi connectivity index (χ0v) is 21.3. The quantitative estimate of drug-likeness (QED) is 0.294. The second-order valence-corrected chi connectivity index (χ2v) is 9.89. The van der Waals surface area contributed by atoms with E-state index in [1.807, 2.05) is 38.1 Å². The first-order valence-corrected chi connectivity index (χ1v) is 12.8. The van der Waals surface area contributed by atoms with Crippen molar-refractivity contribution in [2.45, 2.75) is 64.3 Å². The Bertz CT molecular complexity index is 1490. The molecule has 3 heterocycles. The van der Waals surface area contributed by atoms with Crippen LogP contribution < -0.4 is 10.3 Å². The molecule has 0 radical (unpaired) electrons. The first kappa shape index (κ1) is 25.9. The maximum atomic E-state index is 14.6. The Morgan fingerprint density at radius 1 is 1.03 bits per heavy atom. The summed E-state index contributed by atoms with van der Waals surface area (Å²) < 4.78 is 46.9. The Morgan fingerprint density at radius 2 is 1.76 bits per heavy atom. The molecular weight excluding hydrogens is 493 g/mol. The average molecular weight is 523 g/mol. The van der Waals surface area contributed by atoms with Crippen LogP contribution in [0.1, 0.15) is 65.6 Å². The number of ether oxygens (including phenoxy) is 1. The maximum absolute atomic E-state index is 14.6. The lowest BCUT2D eigenvalue weighted by molar-refractivity contribution is 0.0787. The Morgan fingerprint density at radius 3 is 2.50 bits per heavy atom. The summed E-state index contributed by atoms with van der Waals surface area (Å²) >= 11 is 0. The van der Waals surface area contributed by atoms with Crippen LogP contribution in [0.2, 0.25) is 0 Å². The van der Waals surface area contributed by atoms with Crippen molar-refractivity contribution in [3.05, 3.63) is 93.0 Å². The summed E-state index contributed by atoms with van der Waals surface area (Å²) in [5.41, 5.74) is 3.71. The van der Waals surface area contributed by atoms with Gasteiger partial charge in [0.2, 0.25) is 5.88 Å². The van der Waals surface area contributed by atoms with Gasteiger partial charge in [0.15, 0.2) is 6.61 Å². The predicted octanol–water partition coefficient (Wildman–Crippen LogP) is 6.08. The van der Waals surface area contributed by atoms with Gasteiger partial charge in [-0.3, -0.25) is 14.3 Å². The summed E-state index contributed by atoms with van der Waals surface area (Å²) in [4.78, 5) is 26.8. The normalized spacial score (nSPS) is 17.7. The van der Waals surface area contributed by atoms with E-state index in [1.165, 1.54) is 23.0 Å². The van der Waals surface area contributed by atoms with Crippen LogP contribution in [-0.2, 0) is 6.54 Å². The molecule has 6 nitrogen and oxygen atoms in total. The van der Waals surface area contributed by atoms with Crippen molar-refractivity contribution in [2.24, 2.45) is 0 Å². The maximum Gasteiger partial charge on any atom is 0.272 e. The number of hydrogen-bond donors (Lipinski definition) is 0. The minimum absolute atomic E-state index is 0.0131. The third kappa shape index (κ3) is 5.28. The third-order valence-corrected chi connectivity index (χ3v) is 7.34. The van der Waals surface area contributed by atoms with Crippen LogP contribution in [0.25, 0.3) is 11.0 Å². The summed E-state index contributed by atoms with van der Waals surface area (Å²) in [5, 5.41) is 0.802. The first-order chi connectivity index (χ1) is 18.3. The van der Waals surface area contributed by atoms with Gasteiger partial charge in [-0.15, -0.1) is 0 Å². The number of fused-ring (bicyclic) bond motifs is 1. The number of hydrogen-bond acceptors (Lipinski definition) is 5. The highest BCUT2D eigenvalue weighted by atomic mass is 19.3. The van der Waals surface area contributed by atoms with Gasteiger partial charge in [-0.25, -0.2) is 23.1 Å². The third-order valence-electron chi connectivity index (χ3n) is 7.34. The highest BCUT2D eigenvalue weighted by molar-refractivity contribution is 5.76. The van der Waals surface area contributed by atoms with Gasteiger partial charge in [0.25, 0.3) is 12.0 Å². The van der Waals surface area contributed by atoms with E-state index >= 15 is 0 Å². The largest absolute Gasteiger partial charge is 0.470 e. The molecule has 1 aliphatic rings. The molecule has 0 atom stereocenters. The van der Waals surface area contributed by atoms with Crippen LogP contribution >= 0.6 is 0 Å². The fourth-order valence-electron chi connectivity index (χ4n) is 5.53. The monoisotopic (exact) mass is 522 g/mol. The molecule has 0 spiro atoms. The van der Waals surface area contributed by atoms with Crippen LogP contribution in [0, 0.1) is 19.7 Å². The summed E-state index contributed by atoms with van der Waals surface area (Å²) in [6, 6.07) is 10.9. The Kier molecular flexibility index (Phi) is 7.44. The molecule has 0 unspecified atom stereocenters. The molecule has 198 valence electrons. The van der Waals surface area contributed by atoms with Gasteiger partial charge in [0, 0.05) is 29.0 Å². The molecule has 0 bridgehead atoms. The van der Waals surface area contributed by atoms with Crippen molar-refractivity contribution in [1.82, 2.24) is 19.5 Å². The van der Waals surface area contributed by atoms with Crippen LogP contribution in [0.15, 0.2) is 53.6 Å². The number of nitrogens with zero attached hydrogens (tertiary/aromatic N) is 4. The van der Waals surface area contributed by atoms with Crippen LogP contribution in [0.3, 0.4) is 0 Å². The fourth-order valence-corrected chi connectivity index (χ4v) is 5.53. The van der Waals surface area contributed by atoms with Crippen molar-refractivity contribution in [3.63, 3.8) is 0 Å². The summed E-state index contributed by atoms with van der Waals surface area (Å²) in [6.07, 6.45) is 3.21. The van der Waals surface area contributed by atoms with Crippen molar-refractivity contribution >= 4 is 11.0 Å². The molecule has 0 saturated heterocycles. The van der Waals surface area contributed by atoms with Gasteiger partial charge in [0.05, 0.1) is 6.54 Å². The molecule has 1 aromatic carbocycles. The minimum atomic E-state index is -2.66. The summed E-state index contributed by atoms with van der Waals surface area (Å²) in [6.45, 7) is 2.94. The van der Waals surface area contributed by atoms with Crippen molar-refractivity contribution in [1.29, 1.82) is 0 Å². The molecule has 4 aromatic rings. The lowest BCUT2D eigenvalue weighted by Crippen LogP contribution is -2.29. The van der Waals surface area contributed by atoms with E-state index in [4.69, 9.17) is 4.74 Å². The molecule has 0 aliphatic heterocycles. The SMILES string of the molecule is Cc1ccc2cc(C3CCC(c4c(C)cccc4F)CC3)c(=O)n(Cc3nccnc3OCC(F)F)c2n1. The second-order valence-electron chi connectivity index (χ2n) is 9.89. The number of benzene rings is 1. The zero-order valence-electron chi connectivity index (χ0n) is 21.3. The van der Waals surface area contributed by atoms with Gasteiger partial charge >= 0.3 is 0 Å². The van der Waals surface area contributed by atoms with Gasteiger partial charge in [0.1, 0.15) is 17.2 Å². The number of halogens is 3. The van der Waals surface area contributed by atoms with E-state index in [9.17, 15) is 18.0 Å². The Hall–Kier alpha value is -3.75. The number of rotatable bonds is 7. The lowest BCUT2D eigenvalue weighted by atomic mass is 9.75. The second kappa shape index (κ2) is 10.9. The standard InChI is InChI=1S/C29H29F3N4O2/c1-17-4-3-5-23(30)26(17)20-10-8-19(9-11-20)22-14-21-7-6-18(2)35-27(21)36(29(22)37)15-24-28(34-13-12-33-24)38-16-25(31)32/h3-7,12-14,19-20,25H,8-11,15-16H2,1-2H3. The first-order valence-electron chi connectivity index (χ1n) is 12.8. The molecule has 5 rings (SSSR count). The van der Waals surface area contributed by atoms with Gasteiger partial charge < -0.3 is 4.74 Å². The predicted molar refractivity (Wildman–Crippen MR) is 138 cm³/mol. The number of pyridine rings is 2. The van der Waals surface area contributed by atoms with Crippen molar-refractivity contribution in [2.75, 3.05) is 6.61 Å². The average Bonchev–Trinajstić information content (AvgIpc) is 2.90. The number of aromatic nitrogens is 4. The van der Waals surface area contributed by atoms with Crippen LogP contribution in [0.5, 0.6) is 5.88 Å². The van der Waals surface area contributed by atoms with Crippen LogP contribution in [-0.4, -0.2) is 32.6 Å². The molecule has 1 aliphatic carbocycles. The minimum Gasteiger partial charge on any atom is -0.470 e. The molecular formula is C29H29F3N4O2. The molecule has 38 heavy (non-hydrogen) atoms. The molecule has 1 fully saturated rings. The zero-order chi connectivity index (χ0) is 26.8. The van der Waals surface area contributed by atoms with Crippen molar-refractivity contribution in [3.8, 4) is 5.88 Å². The molecule has 1 saturated carbocycles. The van der Waals surface area contributed by atoms with E-state index in [-0.39, 0.29) is 41.3 Å². The summed E-state index contributed by atoms with van der Waals surface area (Å²) in [5.74, 6) is -0.0729. The van der Waals surface area contributed by atoms with Gasteiger partial charge in [-0.1, -0.05) is 12.1 Å². The smallest absolute Gasteiger partial charge is 0.272 e. The van der Waals surface area contributed by atoms with Gasteiger partial charge in [-0.05, 0) is 86.8 Å². The van der Waals surface area contributed by atoms with E-state index < -0.39 is 13.0 Å². The fraction of sp³-hybridized carbons (Fsp3) is 0.379. The Labute approximate surface area is 218 Å². The van der Waals surface area contributed by atoms with Gasteiger partial charge in [-0.2, -0.15) is 0 Å². The van der Waals surface area contributed by atoms with E-state index in [0.29, 0.717) is 11.2 Å². The van der Waals surface area contributed by atoms with Crippen molar-refractivity contribution < 1.29 is 17.9 Å². The summed E-state index contributed by atoms with van der Waals surface area (Å²) in [7, 11) is 0. The Balaban J connectivity index is 1.49. The molecule has 9 heteroatoms. The molecule has 3 aromatic heterocycles. The molecule has 0 amide bonds. The van der Waals surface area contributed by atoms with E-state index in [0.717, 1.165) is 47.9 Å². The molecule has 0 N–H and O–H groups in total. The van der Waals surface area contributed by atoms with Crippen LogP contribution in [0.4, 0.5) is 13.2 Å². The highest BCUT2D eigenvalue weighted by Crippen LogP contribution is 2.41. The number of alkyl halides is 2. The topological polar surface area (TPSA) is 69.9 Å². The highest BCUT2D eigenvalue weighted by Gasteiger charge is 2.29. The van der Waals surface area contributed by atoms with E-state index in [2.05, 4.69) is 15.0 Å². The lowest BCUT2D eigenvalue weighted by Gasteiger charge is -2.30.